The Kier molecular flexibility index (Phi) is 4.17. The molecule has 0 spiro atoms. The van der Waals surface area contributed by atoms with Crippen LogP contribution < -0.4 is 19.6 Å². The number of ether oxygens (including phenoxy) is 2. The van der Waals surface area contributed by atoms with Crippen molar-refractivity contribution < 1.29 is 9.47 Å². The summed E-state index contributed by atoms with van der Waals surface area (Å²) < 4.78 is 13.1. The van der Waals surface area contributed by atoms with Crippen molar-refractivity contribution >= 4 is 28.4 Å². The standard InChI is InChI=1S/C22H17N3O3S/c1-13-16(11-15-5-3-4-6-18(15)28-13)12-19-21(26)25-22(29-19)23-20(24-25)14-7-9-17(27-2)10-8-14/h3-13H,1-2H3/b19-12-/t13-/m0/s1. The summed E-state index contributed by atoms with van der Waals surface area (Å²) >= 11 is 1.32. The molecule has 7 heteroatoms. The third-order valence-corrected chi connectivity index (χ3v) is 5.80. The van der Waals surface area contributed by atoms with Gasteiger partial charge in [-0.1, -0.05) is 29.5 Å². The Labute approximate surface area is 170 Å². The molecule has 4 aromatic rings. The van der Waals surface area contributed by atoms with E-state index in [-0.39, 0.29) is 11.7 Å². The molecule has 2 aromatic heterocycles. The lowest BCUT2D eigenvalue weighted by atomic mass is 10.0. The molecule has 0 bridgehead atoms. The van der Waals surface area contributed by atoms with E-state index in [4.69, 9.17) is 9.47 Å². The Morgan fingerprint density at radius 2 is 1.97 bits per heavy atom. The SMILES string of the molecule is COc1ccc(-c2nc3s/c(=C\C4=Cc5ccccc5O[C@H]4C)c(=O)n3n2)cc1. The number of nitrogens with zero attached hydrogens (tertiary/aromatic N) is 3. The Bertz CT molecular complexity index is 1350. The molecule has 0 saturated carbocycles. The lowest BCUT2D eigenvalue weighted by molar-refractivity contribution is 0.259. The highest BCUT2D eigenvalue weighted by Crippen LogP contribution is 2.29. The Morgan fingerprint density at radius 1 is 1.17 bits per heavy atom. The van der Waals surface area contributed by atoms with Crippen LogP contribution in [0.1, 0.15) is 12.5 Å². The number of rotatable bonds is 3. The largest absolute Gasteiger partial charge is 0.497 e. The first kappa shape index (κ1) is 17.6. The molecule has 1 atom stereocenters. The van der Waals surface area contributed by atoms with E-state index in [1.54, 1.807) is 7.11 Å². The van der Waals surface area contributed by atoms with Gasteiger partial charge in [-0.3, -0.25) is 4.79 Å². The van der Waals surface area contributed by atoms with Gasteiger partial charge < -0.3 is 9.47 Å². The van der Waals surface area contributed by atoms with Crippen molar-refractivity contribution in [3.05, 3.63) is 74.6 Å². The quantitative estimate of drug-likeness (QED) is 0.526. The van der Waals surface area contributed by atoms with Crippen LogP contribution in [0.2, 0.25) is 0 Å². The normalized spacial score (nSPS) is 16.4. The fourth-order valence-electron chi connectivity index (χ4n) is 3.27. The van der Waals surface area contributed by atoms with Crippen molar-refractivity contribution in [3.63, 3.8) is 0 Å². The van der Waals surface area contributed by atoms with Crippen molar-refractivity contribution in [2.24, 2.45) is 0 Å². The van der Waals surface area contributed by atoms with E-state index in [1.807, 2.05) is 61.5 Å². The highest BCUT2D eigenvalue weighted by Gasteiger charge is 2.18. The zero-order chi connectivity index (χ0) is 20.0. The zero-order valence-electron chi connectivity index (χ0n) is 15.8. The summed E-state index contributed by atoms with van der Waals surface area (Å²) in [6.45, 7) is 1.97. The fourth-order valence-corrected chi connectivity index (χ4v) is 4.18. The highest BCUT2D eigenvalue weighted by molar-refractivity contribution is 7.15. The predicted octanol–water partition coefficient (Wildman–Crippen LogP) is 3.19. The first-order valence-electron chi connectivity index (χ1n) is 9.15. The summed E-state index contributed by atoms with van der Waals surface area (Å²) in [7, 11) is 1.62. The van der Waals surface area contributed by atoms with Crippen LogP contribution in [0.15, 0.2) is 58.9 Å². The second kappa shape index (κ2) is 6.86. The van der Waals surface area contributed by atoms with Crippen LogP contribution in [0.25, 0.3) is 28.5 Å². The first-order valence-corrected chi connectivity index (χ1v) is 9.97. The van der Waals surface area contributed by atoms with Gasteiger partial charge in [0.2, 0.25) is 4.96 Å². The number of hydrogen-bond acceptors (Lipinski definition) is 6. The van der Waals surface area contributed by atoms with Crippen LogP contribution in [0, 0.1) is 0 Å². The van der Waals surface area contributed by atoms with E-state index in [0.29, 0.717) is 15.3 Å². The smallest absolute Gasteiger partial charge is 0.291 e. The minimum Gasteiger partial charge on any atom is -0.497 e. The van der Waals surface area contributed by atoms with Gasteiger partial charge in [0.1, 0.15) is 17.6 Å². The summed E-state index contributed by atoms with van der Waals surface area (Å²) in [5.74, 6) is 2.13. The summed E-state index contributed by atoms with van der Waals surface area (Å²) in [6.07, 6.45) is 3.79. The number of benzene rings is 2. The van der Waals surface area contributed by atoms with E-state index in [9.17, 15) is 4.79 Å². The lowest BCUT2D eigenvalue weighted by Crippen LogP contribution is -2.26. The minimum absolute atomic E-state index is 0.137. The van der Waals surface area contributed by atoms with Crippen LogP contribution in [0.3, 0.4) is 0 Å². The molecule has 0 radical (unpaired) electrons. The van der Waals surface area contributed by atoms with E-state index in [2.05, 4.69) is 16.2 Å². The average molecular weight is 403 g/mol. The molecule has 3 heterocycles. The van der Waals surface area contributed by atoms with Crippen molar-refractivity contribution in [2.45, 2.75) is 13.0 Å². The maximum atomic E-state index is 12.9. The molecule has 0 N–H and O–H groups in total. The van der Waals surface area contributed by atoms with Gasteiger partial charge in [0, 0.05) is 11.1 Å². The van der Waals surface area contributed by atoms with Gasteiger partial charge in [0.15, 0.2) is 5.82 Å². The molecule has 6 nitrogen and oxygen atoms in total. The second-order valence-electron chi connectivity index (χ2n) is 6.72. The summed E-state index contributed by atoms with van der Waals surface area (Å²) in [6, 6.07) is 15.3. The first-order chi connectivity index (χ1) is 14.1. The molecule has 2 aromatic carbocycles. The molecule has 0 aliphatic carbocycles. The summed E-state index contributed by atoms with van der Waals surface area (Å²) in [4.78, 5) is 17.9. The van der Waals surface area contributed by atoms with Crippen molar-refractivity contribution in [1.82, 2.24) is 14.6 Å². The predicted molar refractivity (Wildman–Crippen MR) is 113 cm³/mol. The molecular weight excluding hydrogens is 386 g/mol. The zero-order valence-corrected chi connectivity index (χ0v) is 16.6. The lowest BCUT2D eigenvalue weighted by Gasteiger charge is -2.22. The minimum atomic E-state index is -0.177. The molecule has 0 unspecified atom stereocenters. The Morgan fingerprint density at radius 3 is 2.72 bits per heavy atom. The van der Waals surface area contributed by atoms with Gasteiger partial charge in [-0.15, -0.1) is 5.10 Å². The third kappa shape index (κ3) is 3.09. The average Bonchev–Trinajstić information content (AvgIpc) is 3.28. The molecule has 144 valence electrons. The monoisotopic (exact) mass is 403 g/mol. The van der Waals surface area contributed by atoms with E-state index < -0.39 is 0 Å². The third-order valence-electron chi connectivity index (χ3n) is 4.84. The topological polar surface area (TPSA) is 65.7 Å². The Hall–Kier alpha value is -3.45. The van der Waals surface area contributed by atoms with Crippen molar-refractivity contribution in [2.75, 3.05) is 7.11 Å². The molecule has 29 heavy (non-hydrogen) atoms. The van der Waals surface area contributed by atoms with Crippen LogP contribution in [-0.4, -0.2) is 27.8 Å². The van der Waals surface area contributed by atoms with Gasteiger partial charge in [0.05, 0.1) is 11.6 Å². The van der Waals surface area contributed by atoms with Crippen molar-refractivity contribution in [1.29, 1.82) is 0 Å². The Balaban J connectivity index is 1.55. The van der Waals surface area contributed by atoms with Gasteiger partial charge in [-0.25, -0.2) is 0 Å². The number of hydrogen-bond donors (Lipinski definition) is 0. The van der Waals surface area contributed by atoms with Crippen LogP contribution in [0.5, 0.6) is 11.5 Å². The molecule has 0 saturated heterocycles. The number of aromatic nitrogens is 3. The summed E-state index contributed by atoms with van der Waals surface area (Å²) in [5.41, 5.74) is 2.61. The van der Waals surface area contributed by atoms with Gasteiger partial charge >= 0.3 is 0 Å². The number of para-hydroxylation sites is 1. The van der Waals surface area contributed by atoms with Gasteiger partial charge in [-0.2, -0.15) is 9.50 Å². The molecule has 1 aliphatic heterocycles. The molecule has 1 aliphatic rings. The van der Waals surface area contributed by atoms with Crippen LogP contribution in [-0.2, 0) is 0 Å². The van der Waals surface area contributed by atoms with Crippen molar-refractivity contribution in [3.8, 4) is 22.9 Å². The van der Waals surface area contributed by atoms with Crippen LogP contribution in [0.4, 0.5) is 0 Å². The van der Waals surface area contributed by atoms with Gasteiger partial charge in [0.25, 0.3) is 5.56 Å². The molecule has 0 amide bonds. The fraction of sp³-hybridized carbons (Fsp3) is 0.136. The highest BCUT2D eigenvalue weighted by atomic mass is 32.1. The number of methoxy groups -OCH3 is 1. The molecule has 5 rings (SSSR count). The van der Waals surface area contributed by atoms with E-state index in [0.717, 1.165) is 28.2 Å². The van der Waals surface area contributed by atoms with E-state index in [1.165, 1.54) is 15.9 Å². The van der Waals surface area contributed by atoms with Gasteiger partial charge in [-0.05, 0) is 55.0 Å². The molecular formula is C22H17N3O3S. The number of thiazole rings is 1. The maximum absolute atomic E-state index is 12.9. The van der Waals surface area contributed by atoms with E-state index >= 15 is 0 Å². The molecule has 0 fully saturated rings. The maximum Gasteiger partial charge on any atom is 0.291 e. The summed E-state index contributed by atoms with van der Waals surface area (Å²) in [5, 5.41) is 4.40. The second-order valence-corrected chi connectivity index (χ2v) is 7.73. The number of fused-ring (bicyclic) bond motifs is 2. The van der Waals surface area contributed by atoms with Crippen LogP contribution >= 0.6 is 11.3 Å².